The number of allylic oxidation sites excluding steroid dienone is 4. The van der Waals surface area contributed by atoms with Crippen LogP contribution in [0.5, 0.6) is 0 Å². The van der Waals surface area contributed by atoms with Gasteiger partial charge in [0.25, 0.3) is 0 Å². The maximum Gasteiger partial charge on any atom is 0.472 e. The van der Waals surface area contributed by atoms with E-state index in [1.54, 1.807) is 0 Å². The van der Waals surface area contributed by atoms with Gasteiger partial charge in [-0.25, -0.2) is 4.57 Å². The second-order valence-electron chi connectivity index (χ2n) is 17.5. The Balaban J connectivity index is 3.83. The molecule has 0 rings (SSSR count). The molecule has 62 heavy (non-hydrogen) atoms. The predicted octanol–water partition coefficient (Wildman–Crippen LogP) is 14.5. The predicted molar refractivity (Wildman–Crippen MR) is 256 cm³/mol. The zero-order valence-electron chi connectivity index (χ0n) is 40.1. The van der Waals surface area contributed by atoms with Gasteiger partial charge in [0.05, 0.1) is 26.4 Å². The van der Waals surface area contributed by atoms with Crippen molar-refractivity contribution in [3.8, 4) is 0 Å². The van der Waals surface area contributed by atoms with E-state index in [-0.39, 0.29) is 12.8 Å². The lowest BCUT2D eigenvalue weighted by molar-refractivity contribution is -0.153. The van der Waals surface area contributed by atoms with E-state index in [1.165, 1.54) is 167 Å². The van der Waals surface area contributed by atoms with E-state index >= 15 is 0 Å². The number of rotatable bonds is 49. The highest BCUT2D eigenvalue weighted by Crippen LogP contribution is 2.43. The molecule has 3 atom stereocenters. The van der Waals surface area contributed by atoms with Gasteiger partial charge in [0.1, 0.15) is 12.2 Å². The standard InChI is InChI=1S/C51H97O10P/c1-3-5-7-9-11-13-15-17-19-21-23-24-25-27-29-31-33-35-37-39-41-43-51(55)61-49(45-53)47-59-62(56,57)58-46-48(44-52)60-50(54)42-40-38-36-34-32-30-28-26-22-20-18-16-14-12-10-8-6-4-2/h20-23,48-49,52-53H,3-19,24-47H2,1-2H3,(H,56,57)/b22-20-,23-21-. The molecule has 0 fully saturated rings. The molecule has 0 aromatic rings. The van der Waals surface area contributed by atoms with Gasteiger partial charge in [-0.3, -0.25) is 18.6 Å². The van der Waals surface area contributed by atoms with Gasteiger partial charge >= 0.3 is 19.8 Å². The second-order valence-corrected chi connectivity index (χ2v) is 19.0. The summed E-state index contributed by atoms with van der Waals surface area (Å²) < 4.78 is 32.7. The van der Waals surface area contributed by atoms with Crippen LogP contribution in [0.1, 0.15) is 251 Å². The fourth-order valence-corrected chi connectivity index (χ4v) is 8.18. The number of phosphoric ester groups is 1. The highest BCUT2D eigenvalue weighted by molar-refractivity contribution is 7.47. The Kier molecular flexibility index (Phi) is 46.2. The monoisotopic (exact) mass is 901 g/mol. The van der Waals surface area contributed by atoms with Crippen molar-refractivity contribution in [2.75, 3.05) is 26.4 Å². The quantitative estimate of drug-likeness (QED) is 0.0233. The average molecular weight is 901 g/mol. The Bertz CT molecular complexity index is 1080. The van der Waals surface area contributed by atoms with E-state index in [9.17, 15) is 29.3 Å². The molecule has 11 heteroatoms. The zero-order valence-corrected chi connectivity index (χ0v) is 41.0. The first-order valence-electron chi connectivity index (χ1n) is 25.8. The topological polar surface area (TPSA) is 149 Å². The SMILES string of the molecule is CCCCCCCCC/C=C\CCCCCCCCCC(=O)OC(CO)COP(=O)(O)OCC(CO)OC(=O)CCCCCCCCCCC/C=C\CCCCCCCCCC. The average Bonchev–Trinajstić information content (AvgIpc) is 3.26. The van der Waals surface area contributed by atoms with E-state index in [0.717, 1.165) is 44.9 Å². The van der Waals surface area contributed by atoms with Crippen molar-refractivity contribution in [2.45, 2.75) is 264 Å². The van der Waals surface area contributed by atoms with E-state index in [4.69, 9.17) is 18.5 Å². The molecule has 0 saturated heterocycles. The van der Waals surface area contributed by atoms with Crippen molar-refractivity contribution in [3.05, 3.63) is 24.3 Å². The van der Waals surface area contributed by atoms with Crippen molar-refractivity contribution in [2.24, 2.45) is 0 Å². The minimum atomic E-state index is -4.64. The molecular formula is C51H97O10P. The summed E-state index contributed by atoms with van der Waals surface area (Å²) in [5.41, 5.74) is 0. The largest absolute Gasteiger partial charge is 0.472 e. The van der Waals surface area contributed by atoms with Crippen molar-refractivity contribution < 1.29 is 47.8 Å². The van der Waals surface area contributed by atoms with E-state index in [1.807, 2.05) is 0 Å². The summed E-state index contributed by atoms with van der Waals surface area (Å²) >= 11 is 0. The maximum atomic E-state index is 12.4. The summed E-state index contributed by atoms with van der Waals surface area (Å²) in [6.07, 6.45) is 50.1. The fourth-order valence-electron chi connectivity index (χ4n) is 7.40. The third-order valence-electron chi connectivity index (χ3n) is 11.4. The van der Waals surface area contributed by atoms with Gasteiger partial charge in [0.2, 0.25) is 0 Å². The molecule has 0 aromatic heterocycles. The molecule has 0 heterocycles. The molecule has 0 aliphatic rings. The number of hydrogen-bond donors (Lipinski definition) is 3. The molecule has 0 spiro atoms. The zero-order chi connectivity index (χ0) is 45.5. The molecule has 0 aromatic carbocycles. The van der Waals surface area contributed by atoms with Gasteiger partial charge in [0, 0.05) is 12.8 Å². The third kappa shape index (κ3) is 45.0. The summed E-state index contributed by atoms with van der Waals surface area (Å²) in [6, 6.07) is 0. The van der Waals surface area contributed by atoms with E-state index in [0.29, 0.717) is 12.8 Å². The number of aliphatic hydroxyl groups is 2. The number of carbonyl (C=O) groups is 2. The van der Waals surface area contributed by atoms with Crippen LogP contribution >= 0.6 is 7.82 Å². The maximum absolute atomic E-state index is 12.4. The molecular weight excluding hydrogens is 804 g/mol. The van der Waals surface area contributed by atoms with Crippen molar-refractivity contribution in [1.29, 1.82) is 0 Å². The lowest BCUT2D eigenvalue weighted by atomic mass is 10.1. The normalized spacial score (nSPS) is 13.8. The van der Waals surface area contributed by atoms with Crippen LogP contribution in [0.25, 0.3) is 0 Å². The van der Waals surface area contributed by atoms with Crippen molar-refractivity contribution in [1.82, 2.24) is 0 Å². The Hall–Kier alpha value is -1.55. The molecule has 0 amide bonds. The van der Waals surface area contributed by atoms with Crippen LogP contribution in [0.2, 0.25) is 0 Å². The van der Waals surface area contributed by atoms with Crippen molar-refractivity contribution >= 4 is 19.8 Å². The van der Waals surface area contributed by atoms with Gasteiger partial charge < -0.3 is 24.6 Å². The number of carbonyl (C=O) groups excluding carboxylic acids is 2. The lowest BCUT2D eigenvalue weighted by Crippen LogP contribution is -2.28. The van der Waals surface area contributed by atoms with Gasteiger partial charge in [-0.15, -0.1) is 0 Å². The number of aliphatic hydroxyl groups excluding tert-OH is 2. The fraction of sp³-hybridized carbons (Fsp3) is 0.882. The first-order valence-corrected chi connectivity index (χ1v) is 27.3. The first-order chi connectivity index (χ1) is 30.3. The number of unbranched alkanes of at least 4 members (excludes halogenated alkanes) is 31. The van der Waals surface area contributed by atoms with Crippen molar-refractivity contribution in [3.63, 3.8) is 0 Å². The molecule has 0 radical (unpaired) electrons. The molecule has 0 bridgehead atoms. The van der Waals surface area contributed by atoms with Gasteiger partial charge in [0.15, 0.2) is 0 Å². The number of esters is 2. The summed E-state index contributed by atoms with van der Waals surface area (Å²) in [6.45, 7) is 2.24. The van der Waals surface area contributed by atoms with Crippen LogP contribution in [0.3, 0.4) is 0 Å². The lowest BCUT2D eigenvalue weighted by Gasteiger charge is -2.20. The molecule has 0 aliphatic carbocycles. The number of ether oxygens (including phenoxy) is 2. The molecule has 0 aliphatic heterocycles. The molecule has 10 nitrogen and oxygen atoms in total. The number of phosphoric acid groups is 1. The summed E-state index contributed by atoms with van der Waals surface area (Å²) in [5.74, 6) is -1.02. The van der Waals surface area contributed by atoms with E-state index < -0.39 is 58.4 Å². The van der Waals surface area contributed by atoms with Crippen LogP contribution in [0.4, 0.5) is 0 Å². The van der Waals surface area contributed by atoms with Crippen LogP contribution in [-0.2, 0) is 32.7 Å². The van der Waals surface area contributed by atoms with Crippen LogP contribution in [0, 0.1) is 0 Å². The van der Waals surface area contributed by atoms with Gasteiger partial charge in [-0.05, 0) is 64.2 Å². The summed E-state index contributed by atoms with van der Waals surface area (Å²) in [7, 11) is -4.64. The van der Waals surface area contributed by atoms with Gasteiger partial charge in [-0.1, -0.05) is 199 Å². The molecule has 0 saturated carbocycles. The Morgan fingerprint density at radius 1 is 0.419 bits per heavy atom. The third-order valence-corrected chi connectivity index (χ3v) is 12.3. The highest BCUT2D eigenvalue weighted by Gasteiger charge is 2.27. The minimum Gasteiger partial charge on any atom is -0.457 e. The second kappa shape index (κ2) is 47.4. The Morgan fingerprint density at radius 2 is 0.661 bits per heavy atom. The summed E-state index contributed by atoms with van der Waals surface area (Å²) in [5, 5.41) is 19.2. The van der Waals surface area contributed by atoms with Crippen LogP contribution < -0.4 is 0 Å². The van der Waals surface area contributed by atoms with Crippen LogP contribution in [-0.4, -0.2) is 65.7 Å². The first kappa shape index (κ1) is 60.5. The minimum absolute atomic E-state index is 0.189. The summed E-state index contributed by atoms with van der Waals surface area (Å²) in [4.78, 5) is 34.7. The molecule has 3 N–H and O–H groups in total. The Morgan fingerprint density at radius 3 is 0.919 bits per heavy atom. The smallest absolute Gasteiger partial charge is 0.457 e. The molecule has 366 valence electrons. The Labute approximate surface area is 380 Å². The molecule has 3 unspecified atom stereocenters. The number of hydrogen-bond acceptors (Lipinski definition) is 9. The van der Waals surface area contributed by atoms with Gasteiger partial charge in [-0.2, -0.15) is 0 Å². The van der Waals surface area contributed by atoms with Crippen LogP contribution in [0.15, 0.2) is 24.3 Å². The van der Waals surface area contributed by atoms with E-state index in [2.05, 4.69) is 38.2 Å². The highest BCUT2D eigenvalue weighted by atomic mass is 31.2.